The third kappa shape index (κ3) is 5.04. The number of nitrogens with zero attached hydrogens (tertiary/aromatic N) is 2. The Hall–Kier alpha value is -2.44. The summed E-state index contributed by atoms with van der Waals surface area (Å²) >= 11 is 0. The first-order chi connectivity index (χ1) is 11.1. The lowest BCUT2D eigenvalue weighted by atomic mass is 10.1. The SMILES string of the molecule is COc1cc(N(CCCN(C(=O)O)C(C)(C)C)C(C)=O)ccc1N. The van der Waals surface area contributed by atoms with E-state index in [0.717, 1.165) is 0 Å². The molecule has 2 amide bonds. The predicted octanol–water partition coefficient (Wildman–Crippen LogP) is 2.80. The van der Waals surface area contributed by atoms with Crippen LogP contribution in [0.3, 0.4) is 0 Å². The molecular weight excluding hydrogens is 310 g/mol. The van der Waals surface area contributed by atoms with Gasteiger partial charge in [-0.2, -0.15) is 0 Å². The number of hydrogen-bond acceptors (Lipinski definition) is 4. The van der Waals surface area contributed by atoms with Gasteiger partial charge in [0.15, 0.2) is 0 Å². The van der Waals surface area contributed by atoms with E-state index in [1.54, 1.807) is 23.1 Å². The number of nitrogens with two attached hydrogens (primary N) is 1. The van der Waals surface area contributed by atoms with Crippen molar-refractivity contribution >= 4 is 23.4 Å². The van der Waals surface area contributed by atoms with Crippen LogP contribution in [0.5, 0.6) is 5.75 Å². The van der Waals surface area contributed by atoms with Gasteiger partial charge < -0.3 is 25.4 Å². The van der Waals surface area contributed by atoms with E-state index in [1.165, 1.54) is 18.9 Å². The minimum Gasteiger partial charge on any atom is -0.495 e. The van der Waals surface area contributed by atoms with Crippen molar-refractivity contribution in [1.29, 1.82) is 0 Å². The van der Waals surface area contributed by atoms with Gasteiger partial charge in [0.05, 0.1) is 12.8 Å². The number of benzene rings is 1. The van der Waals surface area contributed by atoms with Crippen LogP contribution in [-0.2, 0) is 4.79 Å². The number of carboxylic acid groups (broad SMARTS) is 1. The number of ether oxygens (including phenoxy) is 1. The molecular formula is C17H27N3O4. The third-order valence-electron chi connectivity index (χ3n) is 3.71. The fourth-order valence-corrected chi connectivity index (χ4v) is 2.44. The van der Waals surface area contributed by atoms with Gasteiger partial charge in [-0.1, -0.05) is 0 Å². The minimum atomic E-state index is -0.967. The van der Waals surface area contributed by atoms with Crippen molar-refractivity contribution in [2.45, 2.75) is 39.7 Å². The summed E-state index contributed by atoms with van der Waals surface area (Å²) in [5, 5.41) is 9.31. The van der Waals surface area contributed by atoms with Crippen LogP contribution in [0.4, 0.5) is 16.2 Å². The third-order valence-corrected chi connectivity index (χ3v) is 3.71. The zero-order valence-corrected chi connectivity index (χ0v) is 15.0. The van der Waals surface area contributed by atoms with Crippen LogP contribution in [-0.4, -0.2) is 47.7 Å². The van der Waals surface area contributed by atoms with Gasteiger partial charge in [0.25, 0.3) is 0 Å². The molecule has 0 aliphatic carbocycles. The number of methoxy groups -OCH3 is 1. The molecule has 3 N–H and O–H groups in total. The zero-order valence-electron chi connectivity index (χ0n) is 15.0. The number of amides is 2. The molecule has 134 valence electrons. The average molecular weight is 337 g/mol. The molecule has 24 heavy (non-hydrogen) atoms. The molecule has 0 saturated heterocycles. The van der Waals surface area contributed by atoms with E-state index in [4.69, 9.17) is 10.5 Å². The van der Waals surface area contributed by atoms with Crippen molar-refractivity contribution in [3.05, 3.63) is 18.2 Å². The summed E-state index contributed by atoms with van der Waals surface area (Å²) in [5.41, 5.74) is 6.48. The fraction of sp³-hybridized carbons (Fsp3) is 0.529. The highest BCUT2D eigenvalue weighted by atomic mass is 16.5. The molecule has 0 aromatic heterocycles. The summed E-state index contributed by atoms with van der Waals surface area (Å²) in [5.74, 6) is 0.375. The number of carbonyl (C=O) groups is 2. The maximum atomic E-state index is 12.0. The minimum absolute atomic E-state index is 0.126. The quantitative estimate of drug-likeness (QED) is 0.778. The van der Waals surface area contributed by atoms with Gasteiger partial charge in [0.1, 0.15) is 5.75 Å². The number of hydrogen-bond donors (Lipinski definition) is 2. The van der Waals surface area contributed by atoms with E-state index in [-0.39, 0.29) is 5.91 Å². The van der Waals surface area contributed by atoms with Crippen LogP contribution < -0.4 is 15.4 Å². The van der Waals surface area contributed by atoms with E-state index in [9.17, 15) is 14.7 Å². The van der Waals surface area contributed by atoms with E-state index in [0.29, 0.717) is 36.6 Å². The average Bonchev–Trinajstić information content (AvgIpc) is 2.46. The summed E-state index contributed by atoms with van der Waals surface area (Å²) in [6, 6.07) is 5.14. The number of nitrogen functional groups attached to an aromatic ring is 1. The van der Waals surface area contributed by atoms with Crippen LogP contribution in [0.15, 0.2) is 18.2 Å². The van der Waals surface area contributed by atoms with Crippen molar-refractivity contribution in [3.8, 4) is 5.75 Å². The molecule has 0 atom stereocenters. The lowest BCUT2D eigenvalue weighted by molar-refractivity contribution is -0.116. The fourth-order valence-electron chi connectivity index (χ4n) is 2.44. The highest BCUT2D eigenvalue weighted by molar-refractivity contribution is 5.92. The molecule has 0 heterocycles. The predicted molar refractivity (Wildman–Crippen MR) is 94.5 cm³/mol. The second kappa shape index (κ2) is 7.90. The van der Waals surface area contributed by atoms with Gasteiger partial charge in [0, 0.05) is 37.3 Å². The maximum absolute atomic E-state index is 12.0. The molecule has 0 bridgehead atoms. The Morgan fingerprint density at radius 3 is 2.33 bits per heavy atom. The van der Waals surface area contributed by atoms with Crippen LogP contribution >= 0.6 is 0 Å². The van der Waals surface area contributed by atoms with Gasteiger partial charge in [-0.15, -0.1) is 0 Å². The lowest BCUT2D eigenvalue weighted by Crippen LogP contribution is -2.46. The van der Waals surface area contributed by atoms with Gasteiger partial charge in [0.2, 0.25) is 5.91 Å². The van der Waals surface area contributed by atoms with E-state index in [2.05, 4.69) is 0 Å². The monoisotopic (exact) mass is 337 g/mol. The molecule has 0 aliphatic rings. The number of carbonyl (C=O) groups excluding carboxylic acids is 1. The highest BCUT2D eigenvalue weighted by Crippen LogP contribution is 2.27. The van der Waals surface area contributed by atoms with Gasteiger partial charge in [-0.05, 0) is 39.3 Å². The Labute approximate surface area is 143 Å². The molecule has 0 unspecified atom stereocenters. The summed E-state index contributed by atoms with van der Waals surface area (Å²) in [6.07, 6.45) is -0.443. The van der Waals surface area contributed by atoms with E-state index in [1.807, 2.05) is 20.8 Å². The standard InChI is InChI=1S/C17H27N3O4/c1-12(21)19(13-7-8-14(18)15(11-13)24-5)9-6-10-20(16(22)23)17(2,3)4/h7-8,11H,6,9-10,18H2,1-5H3,(H,22,23). The van der Waals surface area contributed by atoms with E-state index >= 15 is 0 Å². The first-order valence-electron chi connectivity index (χ1n) is 7.80. The topological polar surface area (TPSA) is 96.1 Å². The number of anilines is 2. The van der Waals surface area contributed by atoms with Gasteiger partial charge in [-0.3, -0.25) is 4.79 Å². The van der Waals surface area contributed by atoms with Crippen LogP contribution in [0.1, 0.15) is 34.1 Å². The van der Waals surface area contributed by atoms with Crippen LogP contribution in [0, 0.1) is 0 Å². The Kier molecular flexibility index (Phi) is 6.45. The van der Waals surface area contributed by atoms with E-state index < -0.39 is 11.6 Å². The van der Waals surface area contributed by atoms with Crippen molar-refractivity contribution in [2.24, 2.45) is 0 Å². The Balaban J connectivity index is 2.85. The first kappa shape index (κ1) is 19.6. The molecule has 7 heteroatoms. The van der Waals surface area contributed by atoms with Crippen LogP contribution in [0.25, 0.3) is 0 Å². The largest absolute Gasteiger partial charge is 0.495 e. The second-order valence-corrected chi connectivity index (χ2v) is 6.56. The first-order valence-corrected chi connectivity index (χ1v) is 7.80. The zero-order chi connectivity index (χ0) is 18.5. The van der Waals surface area contributed by atoms with Gasteiger partial charge >= 0.3 is 6.09 Å². The molecule has 0 aliphatic heterocycles. The molecule has 0 saturated carbocycles. The molecule has 0 fully saturated rings. The summed E-state index contributed by atoms with van der Waals surface area (Å²) in [7, 11) is 1.52. The highest BCUT2D eigenvalue weighted by Gasteiger charge is 2.25. The molecule has 1 aromatic carbocycles. The normalized spacial score (nSPS) is 11.0. The smallest absolute Gasteiger partial charge is 0.407 e. The molecule has 7 nitrogen and oxygen atoms in total. The van der Waals surface area contributed by atoms with Crippen molar-refractivity contribution < 1.29 is 19.4 Å². The molecule has 0 spiro atoms. The molecule has 0 radical (unpaired) electrons. The Bertz CT molecular complexity index is 596. The van der Waals surface area contributed by atoms with Crippen molar-refractivity contribution in [1.82, 2.24) is 4.90 Å². The number of rotatable bonds is 6. The Morgan fingerprint density at radius 2 is 1.88 bits per heavy atom. The maximum Gasteiger partial charge on any atom is 0.407 e. The molecule has 1 aromatic rings. The van der Waals surface area contributed by atoms with Gasteiger partial charge in [-0.25, -0.2) is 4.79 Å². The molecule has 1 rings (SSSR count). The second-order valence-electron chi connectivity index (χ2n) is 6.56. The summed E-state index contributed by atoms with van der Waals surface area (Å²) < 4.78 is 5.19. The summed E-state index contributed by atoms with van der Waals surface area (Å²) in [6.45, 7) is 7.75. The Morgan fingerprint density at radius 1 is 1.25 bits per heavy atom. The van der Waals surface area contributed by atoms with Crippen LogP contribution in [0.2, 0.25) is 0 Å². The lowest BCUT2D eigenvalue weighted by Gasteiger charge is -2.33. The van der Waals surface area contributed by atoms with Crippen molar-refractivity contribution in [3.63, 3.8) is 0 Å². The summed E-state index contributed by atoms with van der Waals surface area (Å²) in [4.78, 5) is 26.3. The van der Waals surface area contributed by atoms with Crippen molar-refractivity contribution in [2.75, 3.05) is 30.8 Å².